The second-order valence-corrected chi connectivity index (χ2v) is 7.22. The summed E-state index contributed by atoms with van der Waals surface area (Å²) in [5, 5.41) is 12.2. The van der Waals surface area contributed by atoms with Crippen LogP contribution in [0.1, 0.15) is 11.1 Å². The summed E-state index contributed by atoms with van der Waals surface area (Å²) in [6.07, 6.45) is 1.77. The topological polar surface area (TPSA) is 72.3 Å². The average molecular weight is 435 g/mol. The van der Waals surface area contributed by atoms with Gasteiger partial charge in [-0.1, -0.05) is 17.7 Å². The second-order valence-electron chi connectivity index (χ2n) is 5.89. The lowest BCUT2D eigenvalue weighted by Gasteiger charge is -2.35. The lowest BCUT2D eigenvalue weighted by Crippen LogP contribution is -2.51. The predicted octanol–water partition coefficient (Wildman–Crippen LogP) is 3.40. The molecule has 0 saturated carbocycles. The fraction of sp³-hybridized carbons (Fsp3) is 0.278. The summed E-state index contributed by atoms with van der Waals surface area (Å²) in [6, 6.07) is 11.0. The molecule has 0 unspecified atom stereocenters. The van der Waals surface area contributed by atoms with E-state index >= 15 is 0 Å². The molecule has 26 heavy (non-hydrogen) atoms. The van der Waals surface area contributed by atoms with Crippen molar-refractivity contribution in [3.8, 4) is 6.07 Å². The minimum atomic E-state index is -0.103. The Kier molecular flexibility index (Phi) is 5.96. The Labute approximate surface area is 165 Å². The van der Waals surface area contributed by atoms with Gasteiger partial charge < -0.3 is 15.1 Å². The van der Waals surface area contributed by atoms with Crippen LogP contribution in [-0.2, 0) is 6.54 Å². The molecule has 1 saturated heterocycles. The van der Waals surface area contributed by atoms with Crippen LogP contribution in [0.3, 0.4) is 0 Å². The van der Waals surface area contributed by atoms with E-state index in [-0.39, 0.29) is 6.03 Å². The van der Waals surface area contributed by atoms with Crippen molar-refractivity contribution < 1.29 is 4.79 Å². The van der Waals surface area contributed by atoms with Crippen molar-refractivity contribution >= 4 is 39.4 Å². The minimum Gasteiger partial charge on any atom is -0.353 e. The molecule has 0 radical (unpaired) electrons. The van der Waals surface area contributed by atoms with E-state index in [9.17, 15) is 4.79 Å². The molecule has 134 valence electrons. The van der Waals surface area contributed by atoms with Crippen LogP contribution in [-0.4, -0.2) is 42.1 Å². The molecule has 1 aliphatic heterocycles. The van der Waals surface area contributed by atoms with E-state index < -0.39 is 0 Å². The lowest BCUT2D eigenvalue weighted by atomic mass is 10.1. The van der Waals surface area contributed by atoms with Crippen molar-refractivity contribution in [2.75, 3.05) is 31.1 Å². The highest BCUT2D eigenvalue weighted by molar-refractivity contribution is 9.10. The van der Waals surface area contributed by atoms with Gasteiger partial charge in [-0.25, -0.2) is 9.78 Å². The maximum Gasteiger partial charge on any atom is 0.317 e. The second kappa shape index (κ2) is 8.39. The number of nitrogens with zero attached hydrogens (tertiary/aromatic N) is 4. The van der Waals surface area contributed by atoms with Crippen LogP contribution >= 0.6 is 27.5 Å². The molecule has 2 aromatic rings. The molecule has 3 rings (SSSR count). The van der Waals surface area contributed by atoms with Crippen LogP contribution < -0.4 is 10.2 Å². The molecule has 8 heteroatoms. The number of rotatable bonds is 3. The molecule has 1 aromatic heterocycles. The minimum absolute atomic E-state index is 0.103. The van der Waals surface area contributed by atoms with Crippen molar-refractivity contribution in [3.63, 3.8) is 0 Å². The van der Waals surface area contributed by atoms with E-state index in [0.29, 0.717) is 30.2 Å². The molecule has 0 atom stereocenters. The Hall–Kier alpha value is -2.30. The van der Waals surface area contributed by atoms with E-state index in [1.54, 1.807) is 29.3 Å². The number of anilines is 1. The zero-order valence-corrected chi connectivity index (χ0v) is 16.3. The first kappa shape index (κ1) is 18.5. The van der Waals surface area contributed by atoms with Gasteiger partial charge >= 0.3 is 6.03 Å². The van der Waals surface area contributed by atoms with Gasteiger partial charge in [-0.15, -0.1) is 0 Å². The highest BCUT2D eigenvalue weighted by atomic mass is 79.9. The van der Waals surface area contributed by atoms with Gasteiger partial charge in [0.05, 0.1) is 10.6 Å². The van der Waals surface area contributed by atoms with E-state index in [2.05, 4.69) is 31.1 Å². The third-order valence-electron chi connectivity index (χ3n) is 4.20. The van der Waals surface area contributed by atoms with E-state index in [4.69, 9.17) is 16.9 Å². The number of carbonyl (C=O) groups is 1. The number of carbonyl (C=O) groups excluding carboxylic acids is 1. The molecule has 2 heterocycles. The number of benzene rings is 1. The standard InChI is InChI=1S/C18H17BrClN5O/c19-15-3-4-17(22-12-15)24-5-7-25(8-6-24)18(26)23-11-13-1-2-14(10-21)16(20)9-13/h1-4,9,12H,5-8,11H2,(H,23,26). The number of hydrogen-bond donors (Lipinski definition) is 1. The van der Waals surface area contributed by atoms with Crippen molar-refractivity contribution in [1.29, 1.82) is 5.26 Å². The monoisotopic (exact) mass is 433 g/mol. The third-order valence-corrected chi connectivity index (χ3v) is 4.98. The van der Waals surface area contributed by atoms with Gasteiger partial charge in [-0.2, -0.15) is 5.26 Å². The molecular formula is C18H17BrClN5O. The SMILES string of the molecule is N#Cc1ccc(CNC(=O)N2CCN(c3ccc(Br)cn3)CC2)cc1Cl. The number of urea groups is 1. The summed E-state index contributed by atoms with van der Waals surface area (Å²) in [5.74, 6) is 0.917. The number of aromatic nitrogens is 1. The van der Waals surface area contributed by atoms with Gasteiger partial charge in [0.15, 0.2) is 0 Å². The van der Waals surface area contributed by atoms with Gasteiger partial charge in [-0.05, 0) is 45.8 Å². The van der Waals surface area contributed by atoms with Crippen LogP contribution in [0.25, 0.3) is 0 Å². The lowest BCUT2D eigenvalue weighted by molar-refractivity contribution is 0.194. The van der Waals surface area contributed by atoms with Crippen LogP contribution in [0.2, 0.25) is 5.02 Å². The zero-order valence-electron chi connectivity index (χ0n) is 14.0. The normalized spacial score (nSPS) is 14.0. The van der Waals surface area contributed by atoms with E-state index in [0.717, 1.165) is 28.9 Å². The van der Waals surface area contributed by atoms with Gasteiger partial charge in [0.1, 0.15) is 11.9 Å². The third kappa shape index (κ3) is 4.45. The average Bonchev–Trinajstić information content (AvgIpc) is 2.67. The number of nitrogens with one attached hydrogen (secondary N) is 1. The van der Waals surface area contributed by atoms with Crippen molar-refractivity contribution in [1.82, 2.24) is 15.2 Å². The predicted molar refractivity (Wildman–Crippen MR) is 104 cm³/mol. The van der Waals surface area contributed by atoms with Crippen LogP contribution in [0.4, 0.5) is 10.6 Å². The quantitative estimate of drug-likeness (QED) is 0.803. The molecule has 0 bridgehead atoms. The van der Waals surface area contributed by atoms with Gasteiger partial charge in [-0.3, -0.25) is 0 Å². The maximum atomic E-state index is 12.4. The van der Waals surface area contributed by atoms with E-state index in [1.165, 1.54) is 0 Å². The maximum absolute atomic E-state index is 12.4. The molecule has 1 aliphatic rings. The largest absolute Gasteiger partial charge is 0.353 e. The Morgan fingerprint density at radius 1 is 1.27 bits per heavy atom. The van der Waals surface area contributed by atoms with Crippen molar-refractivity contribution in [2.24, 2.45) is 0 Å². The summed E-state index contributed by atoms with van der Waals surface area (Å²) < 4.78 is 0.946. The summed E-state index contributed by atoms with van der Waals surface area (Å²) in [4.78, 5) is 20.7. The molecule has 6 nitrogen and oxygen atoms in total. The van der Waals surface area contributed by atoms with Gasteiger partial charge in [0.2, 0.25) is 0 Å². The number of hydrogen-bond acceptors (Lipinski definition) is 4. The smallest absolute Gasteiger partial charge is 0.317 e. The Bertz CT molecular complexity index is 828. The molecule has 1 fully saturated rings. The highest BCUT2D eigenvalue weighted by Gasteiger charge is 2.21. The van der Waals surface area contributed by atoms with Crippen molar-refractivity contribution in [3.05, 3.63) is 57.2 Å². The molecule has 0 aliphatic carbocycles. The first-order valence-electron chi connectivity index (χ1n) is 8.14. The summed E-state index contributed by atoms with van der Waals surface area (Å²) in [7, 11) is 0. The molecule has 1 aromatic carbocycles. The number of pyridine rings is 1. The number of amides is 2. The Balaban J connectivity index is 1.50. The highest BCUT2D eigenvalue weighted by Crippen LogP contribution is 2.18. The fourth-order valence-corrected chi connectivity index (χ4v) is 3.22. The number of nitriles is 1. The van der Waals surface area contributed by atoms with Gasteiger partial charge in [0, 0.05) is 43.4 Å². The zero-order chi connectivity index (χ0) is 18.5. The molecule has 0 spiro atoms. The van der Waals surface area contributed by atoms with Crippen LogP contribution in [0.5, 0.6) is 0 Å². The fourth-order valence-electron chi connectivity index (χ4n) is 2.74. The summed E-state index contributed by atoms with van der Waals surface area (Å²) >= 11 is 9.40. The summed E-state index contributed by atoms with van der Waals surface area (Å²) in [6.45, 7) is 3.13. The number of halogens is 2. The first-order chi connectivity index (χ1) is 12.6. The molecular weight excluding hydrogens is 418 g/mol. The van der Waals surface area contributed by atoms with E-state index in [1.807, 2.05) is 18.2 Å². The molecule has 1 N–H and O–H groups in total. The van der Waals surface area contributed by atoms with Gasteiger partial charge in [0.25, 0.3) is 0 Å². The van der Waals surface area contributed by atoms with Crippen molar-refractivity contribution in [2.45, 2.75) is 6.54 Å². The van der Waals surface area contributed by atoms with Crippen LogP contribution in [0.15, 0.2) is 41.0 Å². The Morgan fingerprint density at radius 2 is 2.04 bits per heavy atom. The molecule has 2 amide bonds. The Morgan fingerprint density at radius 3 is 2.65 bits per heavy atom. The summed E-state index contributed by atoms with van der Waals surface area (Å²) in [5.41, 5.74) is 1.29. The first-order valence-corrected chi connectivity index (χ1v) is 9.32. The number of piperazine rings is 1. The van der Waals surface area contributed by atoms with Crippen LogP contribution in [0, 0.1) is 11.3 Å².